The van der Waals surface area contributed by atoms with E-state index in [1.54, 1.807) is 17.4 Å². The van der Waals surface area contributed by atoms with Crippen LogP contribution in [0.3, 0.4) is 0 Å². The van der Waals surface area contributed by atoms with E-state index in [-0.39, 0.29) is 0 Å². The highest BCUT2D eigenvalue weighted by Crippen LogP contribution is 2.45. The van der Waals surface area contributed by atoms with E-state index < -0.39 is 5.97 Å². The molecule has 1 N–H and O–H groups in total. The highest BCUT2D eigenvalue weighted by molar-refractivity contribution is 7.27. The van der Waals surface area contributed by atoms with Gasteiger partial charge in [-0.05, 0) is 48.7 Å². The Bertz CT molecular complexity index is 883. The highest BCUT2D eigenvalue weighted by atomic mass is 32.1. The molecule has 0 radical (unpaired) electrons. The molecule has 3 nitrogen and oxygen atoms in total. The Balaban J connectivity index is 2.11. The third-order valence-electron chi connectivity index (χ3n) is 3.63. The molecule has 0 aliphatic rings. The van der Waals surface area contributed by atoms with Gasteiger partial charge in [0.15, 0.2) is 6.29 Å². The van der Waals surface area contributed by atoms with Crippen LogP contribution in [0.1, 0.15) is 37.4 Å². The summed E-state index contributed by atoms with van der Waals surface area (Å²) in [5.74, 6) is -0.889. The lowest BCUT2D eigenvalue weighted by atomic mass is 10.1. The van der Waals surface area contributed by atoms with Crippen molar-refractivity contribution in [2.24, 2.45) is 0 Å². The van der Waals surface area contributed by atoms with Gasteiger partial charge in [-0.1, -0.05) is 6.92 Å². The summed E-state index contributed by atoms with van der Waals surface area (Å²) >= 11 is 4.48. The van der Waals surface area contributed by atoms with Crippen molar-refractivity contribution in [1.29, 1.82) is 0 Å². The fourth-order valence-electron chi connectivity index (χ4n) is 2.52. The molecule has 0 amide bonds. The quantitative estimate of drug-likeness (QED) is 0.602. The van der Waals surface area contributed by atoms with Crippen molar-refractivity contribution in [3.8, 4) is 19.5 Å². The number of hydrogen-bond acceptors (Lipinski definition) is 5. The molecule has 23 heavy (non-hydrogen) atoms. The van der Waals surface area contributed by atoms with Crippen molar-refractivity contribution in [1.82, 2.24) is 0 Å². The van der Waals surface area contributed by atoms with E-state index in [4.69, 9.17) is 5.11 Å². The molecule has 3 aromatic rings. The zero-order valence-corrected chi connectivity index (χ0v) is 15.0. The Morgan fingerprint density at radius 3 is 2.35 bits per heavy atom. The Hall–Kier alpha value is -1.76. The second kappa shape index (κ2) is 6.39. The SMILES string of the molecule is CCc1c(-c2ccc(C=O)s2)sc(-c2ccc(C(=O)O)s2)c1C. The van der Waals surface area contributed by atoms with Crippen LogP contribution in [0, 0.1) is 6.92 Å². The Morgan fingerprint density at radius 2 is 1.78 bits per heavy atom. The number of carboxylic acid groups (broad SMARTS) is 1. The monoisotopic (exact) mass is 362 g/mol. The van der Waals surface area contributed by atoms with Crippen LogP contribution < -0.4 is 0 Å². The van der Waals surface area contributed by atoms with Crippen LogP contribution in [0.2, 0.25) is 0 Å². The number of carboxylic acids is 1. The summed E-state index contributed by atoms with van der Waals surface area (Å²) in [5.41, 5.74) is 2.47. The third kappa shape index (κ3) is 2.89. The Labute approximate surface area is 145 Å². The number of carbonyl (C=O) groups excluding carboxylic acids is 1. The molecular weight excluding hydrogens is 348 g/mol. The van der Waals surface area contributed by atoms with E-state index in [0.717, 1.165) is 32.2 Å². The van der Waals surface area contributed by atoms with Crippen molar-refractivity contribution >= 4 is 46.3 Å². The van der Waals surface area contributed by atoms with Crippen LogP contribution in [0.4, 0.5) is 0 Å². The number of aromatic carboxylic acids is 1. The van der Waals surface area contributed by atoms with Crippen molar-refractivity contribution in [3.05, 3.63) is 45.1 Å². The van der Waals surface area contributed by atoms with Gasteiger partial charge in [-0.3, -0.25) is 4.79 Å². The first-order valence-electron chi connectivity index (χ1n) is 7.06. The fraction of sp³-hybridized carbons (Fsp3) is 0.176. The second-order valence-electron chi connectivity index (χ2n) is 5.01. The smallest absolute Gasteiger partial charge is 0.345 e. The predicted molar refractivity (Wildman–Crippen MR) is 97.4 cm³/mol. The summed E-state index contributed by atoms with van der Waals surface area (Å²) in [4.78, 5) is 27.5. The average molecular weight is 362 g/mol. The van der Waals surface area contributed by atoms with Crippen LogP contribution in [0.5, 0.6) is 0 Å². The van der Waals surface area contributed by atoms with Crippen LogP contribution in [0.15, 0.2) is 24.3 Å². The first kappa shape index (κ1) is 16.1. The van der Waals surface area contributed by atoms with Gasteiger partial charge in [0.2, 0.25) is 0 Å². The molecule has 0 aliphatic carbocycles. The maximum absolute atomic E-state index is 11.1. The molecule has 0 unspecified atom stereocenters. The largest absolute Gasteiger partial charge is 0.477 e. The zero-order valence-electron chi connectivity index (χ0n) is 12.6. The second-order valence-corrected chi connectivity index (χ2v) is 8.23. The molecule has 0 atom stereocenters. The van der Waals surface area contributed by atoms with Gasteiger partial charge in [0.1, 0.15) is 4.88 Å². The lowest BCUT2D eigenvalue weighted by molar-refractivity contribution is 0.0702. The van der Waals surface area contributed by atoms with Gasteiger partial charge in [0, 0.05) is 19.5 Å². The van der Waals surface area contributed by atoms with E-state index in [1.165, 1.54) is 38.7 Å². The first-order valence-corrected chi connectivity index (χ1v) is 9.51. The first-order chi connectivity index (χ1) is 11.0. The van der Waals surface area contributed by atoms with Gasteiger partial charge in [-0.2, -0.15) is 0 Å². The van der Waals surface area contributed by atoms with Crippen LogP contribution in [-0.2, 0) is 6.42 Å². The zero-order chi connectivity index (χ0) is 16.6. The van der Waals surface area contributed by atoms with Gasteiger partial charge < -0.3 is 5.11 Å². The number of thiophene rings is 3. The van der Waals surface area contributed by atoms with Crippen LogP contribution in [0.25, 0.3) is 19.5 Å². The number of hydrogen-bond donors (Lipinski definition) is 1. The van der Waals surface area contributed by atoms with Crippen molar-refractivity contribution in [3.63, 3.8) is 0 Å². The number of rotatable bonds is 5. The van der Waals surface area contributed by atoms with Crippen molar-refractivity contribution in [2.45, 2.75) is 20.3 Å². The van der Waals surface area contributed by atoms with E-state index in [0.29, 0.717) is 4.88 Å². The van der Waals surface area contributed by atoms with Crippen molar-refractivity contribution < 1.29 is 14.7 Å². The minimum atomic E-state index is -0.889. The van der Waals surface area contributed by atoms with Crippen LogP contribution >= 0.6 is 34.0 Å². The highest BCUT2D eigenvalue weighted by Gasteiger charge is 2.19. The van der Waals surface area contributed by atoms with Gasteiger partial charge in [0.05, 0.1) is 4.88 Å². The molecule has 3 heterocycles. The van der Waals surface area contributed by atoms with E-state index >= 15 is 0 Å². The Morgan fingerprint density at radius 1 is 1.09 bits per heavy atom. The molecule has 3 aromatic heterocycles. The summed E-state index contributed by atoms with van der Waals surface area (Å²) in [5, 5.41) is 9.11. The number of carbonyl (C=O) groups is 2. The summed E-state index contributed by atoms with van der Waals surface area (Å²) in [7, 11) is 0. The van der Waals surface area contributed by atoms with Gasteiger partial charge in [-0.25, -0.2) is 4.79 Å². The molecule has 0 spiro atoms. The van der Waals surface area contributed by atoms with Gasteiger partial charge >= 0.3 is 5.97 Å². The Kier molecular flexibility index (Phi) is 4.48. The molecule has 6 heteroatoms. The maximum Gasteiger partial charge on any atom is 0.345 e. The molecular formula is C17H14O3S3. The predicted octanol–water partition coefficient (Wildman–Crippen LogP) is 5.59. The minimum Gasteiger partial charge on any atom is -0.477 e. The van der Waals surface area contributed by atoms with Gasteiger partial charge in [0.25, 0.3) is 0 Å². The molecule has 3 rings (SSSR count). The van der Waals surface area contributed by atoms with E-state index in [9.17, 15) is 9.59 Å². The summed E-state index contributed by atoms with van der Waals surface area (Å²) < 4.78 is 0. The summed E-state index contributed by atoms with van der Waals surface area (Å²) in [6.07, 6.45) is 1.78. The normalized spacial score (nSPS) is 10.9. The van der Waals surface area contributed by atoms with Gasteiger partial charge in [-0.15, -0.1) is 34.0 Å². The average Bonchev–Trinajstić information content (AvgIpc) is 3.24. The molecule has 0 aliphatic heterocycles. The molecule has 118 valence electrons. The fourth-order valence-corrected chi connectivity index (χ4v) is 5.89. The molecule has 0 fully saturated rings. The maximum atomic E-state index is 11.1. The van der Waals surface area contributed by atoms with Crippen molar-refractivity contribution in [2.75, 3.05) is 0 Å². The summed E-state index contributed by atoms with van der Waals surface area (Å²) in [6, 6.07) is 7.36. The van der Waals surface area contributed by atoms with Crippen LogP contribution in [-0.4, -0.2) is 17.4 Å². The minimum absolute atomic E-state index is 0.353. The summed E-state index contributed by atoms with van der Waals surface area (Å²) in [6.45, 7) is 4.20. The van der Waals surface area contributed by atoms with E-state index in [1.807, 2.05) is 18.2 Å². The molecule has 0 saturated heterocycles. The lowest BCUT2D eigenvalue weighted by Gasteiger charge is -1.99. The molecule has 0 bridgehead atoms. The topological polar surface area (TPSA) is 54.4 Å². The standard InChI is InChI=1S/C17H14O3S3/c1-3-11-9(2)15(12-6-7-14(22-12)17(19)20)23-16(11)13-5-4-10(8-18)21-13/h4-8H,3H2,1-2H3,(H,19,20). The molecule has 0 aromatic carbocycles. The lowest BCUT2D eigenvalue weighted by Crippen LogP contribution is -1.89. The third-order valence-corrected chi connectivity index (χ3v) is 7.41. The molecule has 0 saturated carbocycles. The van der Waals surface area contributed by atoms with E-state index in [2.05, 4.69) is 13.8 Å². The number of aldehydes is 1.